The summed E-state index contributed by atoms with van der Waals surface area (Å²) in [5, 5.41) is 22.6. The molecular weight excluding hydrogens is 361 g/mol. The molecule has 0 fully saturated rings. The topological polar surface area (TPSA) is 81.9 Å². The van der Waals surface area contributed by atoms with E-state index in [1.165, 1.54) is 12.1 Å². The van der Waals surface area contributed by atoms with Crippen molar-refractivity contribution >= 4 is 23.7 Å². The molecule has 3 N–H and O–H groups in total. The van der Waals surface area contributed by atoms with Crippen molar-refractivity contribution in [1.29, 1.82) is 0 Å². The third-order valence-electron chi connectivity index (χ3n) is 3.18. The normalized spacial score (nSPS) is 11.7. The van der Waals surface area contributed by atoms with Gasteiger partial charge >= 0.3 is 6.18 Å². The summed E-state index contributed by atoms with van der Waals surface area (Å²) >= 11 is 5.61. The predicted octanol–water partition coefficient (Wildman–Crippen LogP) is 3.84. The Morgan fingerprint density at radius 2 is 1.92 bits per heavy atom. The minimum atomic E-state index is -4.80. The van der Waals surface area contributed by atoms with Gasteiger partial charge in [-0.3, -0.25) is 4.79 Å². The molecule has 0 aliphatic rings. The van der Waals surface area contributed by atoms with Gasteiger partial charge in [0, 0.05) is 10.6 Å². The van der Waals surface area contributed by atoms with Gasteiger partial charge in [0.05, 0.1) is 17.3 Å². The first-order chi connectivity index (χ1) is 11.6. The Labute approximate surface area is 145 Å². The van der Waals surface area contributed by atoms with Crippen molar-refractivity contribution in [2.45, 2.75) is 13.1 Å². The highest BCUT2D eigenvalue weighted by Crippen LogP contribution is 2.38. The zero-order chi connectivity index (χ0) is 18.8. The van der Waals surface area contributed by atoms with Gasteiger partial charge in [-0.2, -0.15) is 18.3 Å². The van der Waals surface area contributed by atoms with E-state index in [4.69, 9.17) is 11.6 Å². The second kappa shape index (κ2) is 7.02. The lowest BCUT2D eigenvalue weighted by atomic mass is 10.1. The predicted molar refractivity (Wildman–Crippen MR) is 86.0 cm³/mol. The standard InChI is InChI=1S/C16H12ClF3N2O3/c1-8-2-3-11(13(23)4-8)15(25)22-21-7-9-5-10(17)6-12(14(9)24)16(18,19)20/h2-7,23-24H,1H3,(H,22,25). The first-order valence-electron chi connectivity index (χ1n) is 6.82. The SMILES string of the molecule is Cc1ccc(C(=O)NN=Cc2cc(Cl)cc(C(F)(F)F)c2O)c(O)c1. The Kier molecular flexibility index (Phi) is 5.22. The van der Waals surface area contributed by atoms with Gasteiger partial charge in [-0.25, -0.2) is 5.43 Å². The molecule has 1 amide bonds. The molecular formula is C16H12ClF3N2O3. The first kappa shape index (κ1) is 18.6. The van der Waals surface area contributed by atoms with Crippen molar-refractivity contribution < 1.29 is 28.2 Å². The Balaban J connectivity index is 2.22. The van der Waals surface area contributed by atoms with Crippen LogP contribution in [0.3, 0.4) is 0 Å². The monoisotopic (exact) mass is 372 g/mol. The molecule has 0 spiro atoms. The number of benzene rings is 2. The largest absolute Gasteiger partial charge is 0.507 e. The second-order valence-electron chi connectivity index (χ2n) is 5.11. The summed E-state index contributed by atoms with van der Waals surface area (Å²) in [6.07, 6.45) is -3.98. The molecule has 2 rings (SSSR count). The van der Waals surface area contributed by atoms with Crippen molar-refractivity contribution in [3.63, 3.8) is 0 Å². The molecule has 0 aliphatic heterocycles. The van der Waals surface area contributed by atoms with Gasteiger partial charge in [0.15, 0.2) is 0 Å². The molecule has 25 heavy (non-hydrogen) atoms. The number of nitrogens with one attached hydrogen (secondary N) is 1. The van der Waals surface area contributed by atoms with Crippen molar-refractivity contribution in [2.24, 2.45) is 5.10 Å². The summed E-state index contributed by atoms with van der Waals surface area (Å²) in [6, 6.07) is 5.98. The number of hydrazone groups is 1. The van der Waals surface area contributed by atoms with Gasteiger partial charge in [0.1, 0.15) is 11.5 Å². The van der Waals surface area contributed by atoms with Crippen LogP contribution in [0.5, 0.6) is 11.5 Å². The number of hydrogen-bond acceptors (Lipinski definition) is 4. The van der Waals surface area contributed by atoms with Crippen molar-refractivity contribution in [3.8, 4) is 11.5 Å². The van der Waals surface area contributed by atoms with E-state index >= 15 is 0 Å². The molecule has 0 saturated carbocycles. The van der Waals surface area contributed by atoms with Crippen molar-refractivity contribution in [3.05, 3.63) is 57.6 Å². The smallest absolute Gasteiger partial charge is 0.420 e. The number of nitrogens with zero attached hydrogens (tertiary/aromatic N) is 1. The fourth-order valence-corrected chi connectivity index (χ4v) is 2.22. The van der Waals surface area contributed by atoms with Crippen LogP contribution in [0, 0.1) is 6.92 Å². The maximum absolute atomic E-state index is 12.8. The average Bonchev–Trinajstić information content (AvgIpc) is 2.49. The third-order valence-corrected chi connectivity index (χ3v) is 3.40. The highest BCUT2D eigenvalue weighted by atomic mass is 35.5. The minimum Gasteiger partial charge on any atom is -0.507 e. The van der Waals surface area contributed by atoms with Crippen LogP contribution in [0.4, 0.5) is 13.2 Å². The van der Waals surface area contributed by atoms with Crippen LogP contribution in [-0.4, -0.2) is 22.3 Å². The van der Waals surface area contributed by atoms with Crippen molar-refractivity contribution in [2.75, 3.05) is 0 Å². The summed E-state index contributed by atoms with van der Waals surface area (Å²) in [6.45, 7) is 1.72. The van der Waals surface area contributed by atoms with Gasteiger partial charge in [0.25, 0.3) is 5.91 Å². The zero-order valence-corrected chi connectivity index (χ0v) is 13.5. The number of halogens is 4. The third kappa shape index (κ3) is 4.42. The zero-order valence-electron chi connectivity index (χ0n) is 12.7. The van der Waals surface area contributed by atoms with Gasteiger partial charge in [-0.05, 0) is 36.8 Å². The van der Waals surface area contributed by atoms with E-state index in [-0.39, 0.29) is 21.9 Å². The van der Waals surface area contributed by atoms with E-state index in [0.717, 1.165) is 17.8 Å². The number of aromatic hydroxyl groups is 2. The van der Waals surface area contributed by atoms with Crippen molar-refractivity contribution in [1.82, 2.24) is 5.43 Å². The quantitative estimate of drug-likeness (QED) is 0.565. The maximum atomic E-state index is 12.8. The number of alkyl halides is 3. The lowest BCUT2D eigenvalue weighted by Crippen LogP contribution is -2.17. The van der Waals surface area contributed by atoms with E-state index in [1.54, 1.807) is 13.0 Å². The lowest BCUT2D eigenvalue weighted by molar-refractivity contribution is -0.138. The van der Waals surface area contributed by atoms with Gasteiger partial charge in [-0.1, -0.05) is 17.7 Å². The Bertz CT molecular complexity index is 851. The second-order valence-corrected chi connectivity index (χ2v) is 5.55. The molecule has 5 nitrogen and oxygen atoms in total. The lowest BCUT2D eigenvalue weighted by Gasteiger charge is -2.11. The first-order valence-corrected chi connectivity index (χ1v) is 7.20. The molecule has 0 aliphatic carbocycles. The van der Waals surface area contributed by atoms with Gasteiger partial charge in [0.2, 0.25) is 0 Å². The van der Waals surface area contributed by atoms with E-state index in [0.29, 0.717) is 6.07 Å². The number of phenols is 2. The summed E-state index contributed by atoms with van der Waals surface area (Å²) < 4.78 is 38.4. The van der Waals surface area contributed by atoms with E-state index in [2.05, 4.69) is 5.10 Å². The van der Waals surface area contributed by atoms with Crippen LogP contribution in [0.25, 0.3) is 0 Å². The van der Waals surface area contributed by atoms with E-state index in [1.807, 2.05) is 5.43 Å². The number of aryl methyl sites for hydroxylation is 1. The molecule has 2 aromatic rings. The maximum Gasteiger partial charge on any atom is 0.420 e. The summed E-state index contributed by atoms with van der Waals surface area (Å²) in [5.41, 5.74) is 1.08. The molecule has 132 valence electrons. The minimum absolute atomic E-state index is 0.0611. The molecule has 0 radical (unpaired) electrons. The fraction of sp³-hybridized carbons (Fsp3) is 0.125. The molecule has 0 aromatic heterocycles. The van der Waals surface area contributed by atoms with Crippen LogP contribution < -0.4 is 5.43 Å². The highest BCUT2D eigenvalue weighted by molar-refractivity contribution is 6.31. The highest BCUT2D eigenvalue weighted by Gasteiger charge is 2.35. The molecule has 2 aromatic carbocycles. The van der Waals surface area contributed by atoms with E-state index in [9.17, 15) is 28.2 Å². The van der Waals surface area contributed by atoms with Crippen LogP contribution in [0.15, 0.2) is 35.4 Å². The number of phenolic OH excluding ortho intramolecular Hbond substituents is 2. The van der Waals surface area contributed by atoms with Crippen LogP contribution in [0.1, 0.15) is 27.0 Å². The fourth-order valence-electron chi connectivity index (χ4n) is 1.99. The molecule has 0 heterocycles. The number of amides is 1. The number of carbonyl (C=O) groups is 1. The molecule has 0 atom stereocenters. The Morgan fingerprint density at radius 1 is 1.24 bits per heavy atom. The Morgan fingerprint density at radius 3 is 2.52 bits per heavy atom. The molecule has 0 bridgehead atoms. The van der Waals surface area contributed by atoms with E-state index < -0.39 is 23.4 Å². The summed E-state index contributed by atoms with van der Waals surface area (Å²) in [5.74, 6) is -2.10. The number of rotatable bonds is 3. The summed E-state index contributed by atoms with van der Waals surface area (Å²) in [4.78, 5) is 11.9. The summed E-state index contributed by atoms with van der Waals surface area (Å²) in [7, 11) is 0. The number of hydrogen-bond donors (Lipinski definition) is 3. The molecule has 9 heteroatoms. The van der Waals surface area contributed by atoms with Gasteiger partial charge < -0.3 is 10.2 Å². The number of carbonyl (C=O) groups excluding carboxylic acids is 1. The van der Waals surface area contributed by atoms with Gasteiger partial charge in [-0.15, -0.1) is 0 Å². The van der Waals surface area contributed by atoms with Crippen LogP contribution in [-0.2, 0) is 6.18 Å². The average molecular weight is 373 g/mol. The molecule has 0 saturated heterocycles. The van der Waals surface area contributed by atoms with Crippen LogP contribution in [0.2, 0.25) is 5.02 Å². The van der Waals surface area contributed by atoms with Crippen LogP contribution >= 0.6 is 11.6 Å². The Hall–Kier alpha value is -2.74. The molecule has 0 unspecified atom stereocenters.